The topological polar surface area (TPSA) is 66.5 Å². The summed E-state index contributed by atoms with van der Waals surface area (Å²) >= 11 is 9.47. The standard InChI is InChI=1S/C26H28BrClN2O3S/c1-3-20-16-22(27)17-21(4-2)26(20)29-25(31)18-30(15-14-19-8-6-5-7-9-19)34(32,33)24-12-10-23(28)11-13-24/h5-13,16-17H,3-4,14-15,18H2,1-2H3,(H,29,31). The lowest BCUT2D eigenvalue weighted by atomic mass is 10.0. The summed E-state index contributed by atoms with van der Waals surface area (Å²) in [7, 11) is -3.91. The molecule has 0 aliphatic heterocycles. The Hall–Kier alpha value is -2.19. The molecule has 3 rings (SSSR count). The van der Waals surface area contributed by atoms with Gasteiger partial charge in [0.2, 0.25) is 15.9 Å². The first kappa shape index (κ1) is 26.4. The molecule has 5 nitrogen and oxygen atoms in total. The first-order valence-corrected chi connectivity index (χ1v) is 13.8. The second-order valence-electron chi connectivity index (χ2n) is 7.88. The van der Waals surface area contributed by atoms with Crippen LogP contribution in [0.25, 0.3) is 0 Å². The quantitative estimate of drug-likeness (QED) is 0.324. The Kier molecular flexibility index (Phi) is 9.31. The van der Waals surface area contributed by atoms with E-state index in [1.54, 1.807) is 0 Å². The molecule has 0 bridgehead atoms. The van der Waals surface area contributed by atoms with Crippen molar-refractivity contribution in [3.8, 4) is 0 Å². The average Bonchev–Trinajstić information content (AvgIpc) is 2.83. The van der Waals surface area contributed by atoms with E-state index < -0.39 is 10.0 Å². The molecule has 0 aromatic heterocycles. The third-order valence-electron chi connectivity index (χ3n) is 5.56. The summed E-state index contributed by atoms with van der Waals surface area (Å²) in [6.07, 6.45) is 1.96. The van der Waals surface area contributed by atoms with Crippen molar-refractivity contribution in [2.24, 2.45) is 0 Å². The molecule has 0 radical (unpaired) electrons. The summed E-state index contributed by atoms with van der Waals surface area (Å²) in [6.45, 7) is 3.92. The van der Waals surface area contributed by atoms with E-state index in [-0.39, 0.29) is 23.9 Å². The molecule has 8 heteroatoms. The van der Waals surface area contributed by atoms with Gasteiger partial charge in [0.1, 0.15) is 0 Å². The first-order valence-electron chi connectivity index (χ1n) is 11.1. The van der Waals surface area contributed by atoms with Crippen LogP contribution in [0, 0.1) is 0 Å². The van der Waals surface area contributed by atoms with Crippen LogP contribution in [-0.4, -0.2) is 31.7 Å². The highest BCUT2D eigenvalue weighted by molar-refractivity contribution is 9.10. The van der Waals surface area contributed by atoms with Crippen molar-refractivity contribution in [2.45, 2.75) is 38.0 Å². The highest BCUT2D eigenvalue weighted by atomic mass is 79.9. The molecule has 0 fully saturated rings. The molecule has 0 spiro atoms. The lowest BCUT2D eigenvalue weighted by Crippen LogP contribution is -2.39. The van der Waals surface area contributed by atoms with Gasteiger partial charge in [-0.3, -0.25) is 4.79 Å². The maximum atomic E-state index is 13.4. The van der Waals surface area contributed by atoms with E-state index in [0.29, 0.717) is 11.4 Å². The van der Waals surface area contributed by atoms with Gasteiger partial charge in [-0.2, -0.15) is 4.31 Å². The molecule has 0 heterocycles. The third-order valence-corrected chi connectivity index (χ3v) is 8.13. The molecular weight excluding hydrogens is 536 g/mol. The molecule has 0 saturated carbocycles. The van der Waals surface area contributed by atoms with Crippen molar-refractivity contribution in [3.63, 3.8) is 0 Å². The molecule has 0 aliphatic carbocycles. The molecule has 0 atom stereocenters. The highest BCUT2D eigenvalue weighted by Gasteiger charge is 2.27. The minimum atomic E-state index is -3.91. The number of carbonyl (C=O) groups is 1. The number of carbonyl (C=O) groups excluding carboxylic acids is 1. The summed E-state index contributed by atoms with van der Waals surface area (Å²) in [5.41, 5.74) is 3.74. The highest BCUT2D eigenvalue weighted by Crippen LogP contribution is 2.28. The van der Waals surface area contributed by atoms with Gasteiger partial charge in [0.15, 0.2) is 0 Å². The number of benzene rings is 3. The van der Waals surface area contributed by atoms with Crippen molar-refractivity contribution < 1.29 is 13.2 Å². The fourth-order valence-corrected chi connectivity index (χ4v) is 5.80. The van der Waals surface area contributed by atoms with Crippen molar-refractivity contribution >= 4 is 49.1 Å². The molecule has 0 unspecified atom stereocenters. The van der Waals surface area contributed by atoms with E-state index >= 15 is 0 Å². The van der Waals surface area contributed by atoms with Gasteiger partial charge in [-0.1, -0.05) is 71.7 Å². The molecule has 1 N–H and O–H groups in total. The minimum Gasteiger partial charge on any atom is -0.324 e. The van der Waals surface area contributed by atoms with Gasteiger partial charge in [0, 0.05) is 21.7 Å². The number of anilines is 1. The number of amides is 1. The Morgan fingerprint density at radius 1 is 0.971 bits per heavy atom. The van der Waals surface area contributed by atoms with Crippen LogP contribution in [0.15, 0.2) is 76.1 Å². The van der Waals surface area contributed by atoms with E-state index in [1.807, 2.05) is 56.3 Å². The van der Waals surface area contributed by atoms with Crippen LogP contribution < -0.4 is 5.32 Å². The smallest absolute Gasteiger partial charge is 0.243 e. The predicted octanol–water partition coefficient (Wildman–Crippen LogP) is 6.10. The number of hydrogen-bond donors (Lipinski definition) is 1. The van der Waals surface area contributed by atoms with Gasteiger partial charge in [0.05, 0.1) is 11.4 Å². The van der Waals surface area contributed by atoms with Crippen LogP contribution in [0.5, 0.6) is 0 Å². The van der Waals surface area contributed by atoms with Gasteiger partial charge >= 0.3 is 0 Å². The van der Waals surface area contributed by atoms with Crippen LogP contribution in [-0.2, 0) is 34.1 Å². The van der Waals surface area contributed by atoms with E-state index in [4.69, 9.17) is 11.6 Å². The Labute approximate surface area is 215 Å². The second-order valence-corrected chi connectivity index (χ2v) is 11.2. The monoisotopic (exact) mass is 562 g/mol. The van der Waals surface area contributed by atoms with Crippen LogP contribution in [0.1, 0.15) is 30.5 Å². The van der Waals surface area contributed by atoms with Crippen LogP contribution in [0.4, 0.5) is 5.69 Å². The van der Waals surface area contributed by atoms with E-state index in [1.165, 1.54) is 28.6 Å². The van der Waals surface area contributed by atoms with E-state index in [0.717, 1.165) is 39.7 Å². The Morgan fingerprint density at radius 2 is 1.56 bits per heavy atom. The van der Waals surface area contributed by atoms with Crippen LogP contribution >= 0.6 is 27.5 Å². The third kappa shape index (κ3) is 6.69. The lowest BCUT2D eigenvalue weighted by molar-refractivity contribution is -0.116. The molecule has 0 aliphatic rings. The number of rotatable bonds is 10. The number of nitrogens with one attached hydrogen (secondary N) is 1. The van der Waals surface area contributed by atoms with Crippen molar-refractivity contribution in [1.82, 2.24) is 4.31 Å². The van der Waals surface area contributed by atoms with Gasteiger partial charge in [-0.05, 0) is 72.4 Å². The molecule has 34 heavy (non-hydrogen) atoms. The number of aryl methyl sites for hydroxylation is 2. The van der Waals surface area contributed by atoms with E-state index in [9.17, 15) is 13.2 Å². The Morgan fingerprint density at radius 3 is 2.12 bits per heavy atom. The Bertz CT molecular complexity index is 1210. The van der Waals surface area contributed by atoms with Crippen molar-refractivity contribution in [3.05, 3.63) is 92.9 Å². The van der Waals surface area contributed by atoms with Gasteiger partial charge in [-0.25, -0.2) is 8.42 Å². The molecule has 180 valence electrons. The number of nitrogens with zero attached hydrogens (tertiary/aromatic N) is 1. The summed E-state index contributed by atoms with van der Waals surface area (Å²) in [6, 6.07) is 19.6. The fraction of sp³-hybridized carbons (Fsp3) is 0.269. The largest absolute Gasteiger partial charge is 0.324 e. The van der Waals surface area contributed by atoms with Gasteiger partial charge < -0.3 is 5.32 Å². The number of sulfonamides is 1. The van der Waals surface area contributed by atoms with Crippen molar-refractivity contribution in [2.75, 3.05) is 18.4 Å². The average molecular weight is 564 g/mol. The molecule has 0 saturated heterocycles. The maximum absolute atomic E-state index is 13.4. The molecule has 3 aromatic carbocycles. The zero-order chi connectivity index (χ0) is 24.7. The fourth-order valence-electron chi connectivity index (χ4n) is 3.72. The van der Waals surface area contributed by atoms with Gasteiger partial charge in [-0.15, -0.1) is 0 Å². The Balaban J connectivity index is 1.88. The zero-order valence-corrected chi connectivity index (χ0v) is 22.4. The normalized spacial score (nSPS) is 11.6. The second kappa shape index (κ2) is 12.0. The van der Waals surface area contributed by atoms with Crippen molar-refractivity contribution in [1.29, 1.82) is 0 Å². The zero-order valence-electron chi connectivity index (χ0n) is 19.2. The minimum absolute atomic E-state index is 0.102. The van der Waals surface area contributed by atoms with Gasteiger partial charge in [0.25, 0.3) is 0 Å². The summed E-state index contributed by atoms with van der Waals surface area (Å²) in [5, 5.41) is 3.43. The van der Waals surface area contributed by atoms with Crippen LogP contribution in [0.3, 0.4) is 0 Å². The predicted molar refractivity (Wildman–Crippen MR) is 142 cm³/mol. The number of hydrogen-bond acceptors (Lipinski definition) is 3. The molecule has 1 amide bonds. The molecule has 3 aromatic rings. The SMILES string of the molecule is CCc1cc(Br)cc(CC)c1NC(=O)CN(CCc1ccccc1)S(=O)(=O)c1ccc(Cl)cc1. The summed E-state index contributed by atoms with van der Waals surface area (Å²) in [4.78, 5) is 13.2. The van der Waals surface area contributed by atoms with E-state index in [2.05, 4.69) is 21.2 Å². The molecular formula is C26H28BrClN2O3S. The first-order chi connectivity index (χ1) is 16.2. The van der Waals surface area contributed by atoms with Crippen LogP contribution in [0.2, 0.25) is 5.02 Å². The summed E-state index contributed by atoms with van der Waals surface area (Å²) < 4.78 is 29.1. The number of halogens is 2. The summed E-state index contributed by atoms with van der Waals surface area (Å²) in [5.74, 6) is -0.377. The maximum Gasteiger partial charge on any atom is 0.243 e. The lowest BCUT2D eigenvalue weighted by Gasteiger charge is -2.23.